The molecule has 5 heteroatoms. The van der Waals surface area contributed by atoms with Gasteiger partial charge in [0.15, 0.2) is 0 Å². The summed E-state index contributed by atoms with van der Waals surface area (Å²) in [7, 11) is 1.89. The molecule has 0 radical (unpaired) electrons. The first-order chi connectivity index (χ1) is 8.06. The number of aromatic nitrogens is 2. The number of hydrogen-bond donors (Lipinski definition) is 1. The zero-order valence-corrected chi connectivity index (χ0v) is 10.4. The largest absolute Gasteiger partial charge is 0.478 e. The van der Waals surface area contributed by atoms with E-state index in [0.717, 1.165) is 15.6 Å². The average Bonchev–Trinajstić information content (AvgIpc) is 2.58. The molecule has 0 saturated heterocycles. The molecular formula is C12H12N2O2S. The summed E-state index contributed by atoms with van der Waals surface area (Å²) in [6.45, 7) is 1.94. The highest BCUT2D eigenvalue weighted by Gasteiger charge is 2.06. The quantitative estimate of drug-likeness (QED) is 0.907. The molecule has 0 unspecified atom stereocenters. The first kappa shape index (κ1) is 11.7. The van der Waals surface area contributed by atoms with E-state index in [0.29, 0.717) is 5.56 Å². The molecule has 1 aromatic carbocycles. The number of carboxylic acids is 1. The Hall–Kier alpha value is -1.75. The normalized spacial score (nSPS) is 10.5. The van der Waals surface area contributed by atoms with Crippen molar-refractivity contribution in [2.45, 2.75) is 16.8 Å². The molecule has 1 aromatic heterocycles. The highest BCUT2D eigenvalue weighted by atomic mass is 32.2. The summed E-state index contributed by atoms with van der Waals surface area (Å²) in [5.41, 5.74) is 1.27. The Morgan fingerprint density at radius 2 is 2.00 bits per heavy atom. The van der Waals surface area contributed by atoms with Crippen LogP contribution in [0.15, 0.2) is 40.3 Å². The summed E-state index contributed by atoms with van der Waals surface area (Å²) in [5.74, 6) is -0.905. The third kappa shape index (κ3) is 2.68. The van der Waals surface area contributed by atoms with Gasteiger partial charge in [0.2, 0.25) is 0 Å². The van der Waals surface area contributed by atoms with Crippen molar-refractivity contribution in [3.8, 4) is 0 Å². The molecule has 0 saturated carbocycles. The zero-order chi connectivity index (χ0) is 12.4. The van der Waals surface area contributed by atoms with Crippen molar-refractivity contribution in [2.24, 2.45) is 7.05 Å². The van der Waals surface area contributed by atoms with Gasteiger partial charge in [0, 0.05) is 11.9 Å². The van der Waals surface area contributed by atoms with Gasteiger partial charge in [-0.3, -0.25) is 4.68 Å². The van der Waals surface area contributed by atoms with Gasteiger partial charge in [-0.25, -0.2) is 4.79 Å². The van der Waals surface area contributed by atoms with Gasteiger partial charge in [-0.2, -0.15) is 5.10 Å². The summed E-state index contributed by atoms with van der Waals surface area (Å²) >= 11 is 1.56. The van der Waals surface area contributed by atoms with Crippen molar-refractivity contribution in [1.29, 1.82) is 0 Å². The number of carboxylic acid groups (broad SMARTS) is 1. The molecule has 17 heavy (non-hydrogen) atoms. The van der Waals surface area contributed by atoms with E-state index in [-0.39, 0.29) is 0 Å². The summed E-state index contributed by atoms with van der Waals surface area (Å²) < 4.78 is 1.81. The first-order valence-corrected chi connectivity index (χ1v) is 5.90. The second-order valence-electron chi connectivity index (χ2n) is 3.68. The van der Waals surface area contributed by atoms with E-state index < -0.39 is 5.97 Å². The van der Waals surface area contributed by atoms with Crippen LogP contribution in [0.4, 0.5) is 0 Å². The molecule has 0 fully saturated rings. The van der Waals surface area contributed by atoms with E-state index in [1.54, 1.807) is 36.0 Å². The fraction of sp³-hybridized carbons (Fsp3) is 0.167. The highest BCUT2D eigenvalue weighted by molar-refractivity contribution is 7.99. The molecular weight excluding hydrogens is 236 g/mol. The average molecular weight is 248 g/mol. The number of hydrogen-bond acceptors (Lipinski definition) is 3. The molecule has 4 nitrogen and oxygen atoms in total. The van der Waals surface area contributed by atoms with Crippen LogP contribution in [0.25, 0.3) is 0 Å². The van der Waals surface area contributed by atoms with Gasteiger partial charge in [0.1, 0.15) is 0 Å². The molecule has 2 aromatic rings. The number of nitrogens with zero attached hydrogens (tertiary/aromatic N) is 2. The maximum Gasteiger partial charge on any atom is 0.335 e. The van der Waals surface area contributed by atoms with Crippen LogP contribution >= 0.6 is 11.8 Å². The number of aromatic carboxylic acids is 1. The number of rotatable bonds is 3. The van der Waals surface area contributed by atoms with Crippen LogP contribution in [0.2, 0.25) is 0 Å². The van der Waals surface area contributed by atoms with Crippen LogP contribution in [-0.2, 0) is 7.05 Å². The molecule has 0 aliphatic rings. The molecule has 0 atom stereocenters. The monoisotopic (exact) mass is 248 g/mol. The fourth-order valence-electron chi connectivity index (χ4n) is 1.47. The lowest BCUT2D eigenvalue weighted by atomic mass is 10.2. The lowest BCUT2D eigenvalue weighted by Gasteiger charge is -2.02. The topological polar surface area (TPSA) is 55.1 Å². The zero-order valence-electron chi connectivity index (χ0n) is 9.54. The fourth-order valence-corrected chi connectivity index (χ4v) is 2.38. The van der Waals surface area contributed by atoms with Gasteiger partial charge in [-0.1, -0.05) is 11.8 Å². The maximum atomic E-state index is 10.7. The molecule has 1 N–H and O–H groups in total. The molecule has 1 heterocycles. The summed E-state index contributed by atoms with van der Waals surface area (Å²) in [5, 5.41) is 14.1. The summed E-state index contributed by atoms with van der Waals surface area (Å²) in [6.07, 6.45) is 0. The number of carbonyl (C=O) groups is 1. The van der Waals surface area contributed by atoms with E-state index in [4.69, 9.17) is 5.11 Å². The van der Waals surface area contributed by atoms with Crippen LogP contribution in [0.5, 0.6) is 0 Å². The van der Waals surface area contributed by atoms with Gasteiger partial charge in [-0.05, 0) is 37.3 Å². The minimum absolute atomic E-state index is 0.301. The Labute approximate surface area is 103 Å². The molecule has 0 aliphatic heterocycles. The number of aryl methyl sites for hydroxylation is 2. The van der Waals surface area contributed by atoms with E-state index in [1.165, 1.54) is 0 Å². The Morgan fingerprint density at radius 1 is 1.35 bits per heavy atom. The van der Waals surface area contributed by atoms with E-state index >= 15 is 0 Å². The van der Waals surface area contributed by atoms with Crippen molar-refractivity contribution in [3.63, 3.8) is 0 Å². The maximum absolute atomic E-state index is 10.7. The van der Waals surface area contributed by atoms with Gasteiger partial charge in [0.25, 0.3) is 0 Å². The van der Waals surface area contributed by atoms with Crippen molar-refractivity contribution in [1.82, 2.24) is 9.78 Å². The molecule has 0 spiro atoms. The highest BCUT2D eigenvalue weighted by Crippen LogP contribution is 2.27. The van der Waals surface area contributed by atoms with Crippen molar-refractivity contribution >= 4 is 17.7 Å². The van der Waals surface area contributed by atoms with Crippen LogP contribution < -0.4 is 0 Å². The standard InChI is InChI=1S/C12H12N2O2S/c1-8-7-11(14(2)13-8)17-10-5-3-9(4-6-10)12(15)16/h3-7H,1-2H3,(H,15,16). The van der Waals surface area contributed by atoms with Crippen molar-refractivity contribution < 1.29 is 9.90 Å². The molecule has 88 valence electrons. The predicted octanol–water partition coefficient (Wildman–Crippen LogP) is 2.58. The van der Waals surface area contributed by atoms with Crippen LogP contribution in [0, 0.1) is 6.92 Å². The molecule has 0 amide bonds. The summed E-state index contributed by atoms with van der Waals surface area (Å²) in [4.78, 5) is 11.7. The number of benzene rings is 1. The van der Waals surface area contributed by atoms with Gasteiger partial charge >= 0.3 is 5.97 Å². The Balaban J connectivity index is 2.19. The first-order valence-electron chi connectivity index (χ1n) is 5.08. The second kappa shape index (κ2) is 4.63. The van der Waals surface area contributed by atoms with Crippen molar-refractivity contribution in [3.05, 3.63) is 41.6 Å². The molecule has 2 rings (SSSR count). The van der Waals surface area contributed by atoms with Crippen LogP contribution in [0.3, 0.4) is 0 Å². The van der Waals surface area contributed by atoms with Crippen LogP contribution in [-0.4, -0.2) is 20.9 Å². The lowest BCUT2D eigenvalue weighted by molar-refractivity contribution is 0.0697. The Morgan fingerprint density at radius 3 is 2.47 bits per heavy atom. The summed E-state index contributed by atoms with van der Waals surface area (Å²) in [6, 6.07) is 8.81. The minimum atomic E-state index is -0.905. The smallest absolute Gasteiger partial charge is 0.335 e. The van der Waals surface area contributed by atoms with E-state index in [1.807, 2.05) is 24.7 Å². The van der Waals surface area contributed by atoms with Gasteiger partial charge in [0.05, 0.1) is 16.3 Å². The molecule has 0 bridgehead atoms. The second-order valence-corrected chi connectivity index (χ2v) is 4.77. The lowest BCUT2D eigenvalue weighted by Crippen LogP contribution is -1.95. The third-order valence-electron chi connectivity index (χ3n) is 2.28. The van der Waals surface area contributed by atoms with E-state index in [2.05, 4.69) is 5.10 Å². The third-order valence-corrected chi connectivity index (χ3v) is 3.38. The Bertz CT molecular complexity index is 546. The van der Waals surface area contributed by atoms with Crippen LogP contribution in [0.1, 0.15) is 16.1 Å². The predicted molar refractivity (Wildman–Crippen MR) is 65.5 cm³/mol. The Kier molecular flexibility index (Phi) is 3.19. The SMILES string of the molecule is Cc1cc(Sc2ccc(C(=O)O)cc2)n(C)n1. The van der Waals surface area contributed by atoms with Crippen molar-refractivity contribution in [2.75, 3.05) is 0 Å². The van der Waals surface area contributed by atoms with Gasteiger partial charge < -0.3 is 5.11 Å². The van der Waals surface area contributed by atoms with E-state index in [9.17, 15) is 4.79 Å². The van der Waals surface area contributed by atoms with Gasteiger partial charge in [-0.15, -0.1) is 0 Å². The molecule has 0 aliphatic carbocycles. The minimum Gasteiger partial charge on any atom is -0.478 e.